The maximum atomic E-state index is 12.8. The normalized spacial score (nSPS) is 15.2. The van der Waals surface area contributed by atoms with Crippen LogP contribution in [0.3, 0.4) is 0 Å². The summed E-state index contributed by atoms with van der Waals surface area (Å²) in [4.78, 5) is 4.52. The lowest BCUT2D eigenvalue weighted by molar-refractivity contribution is 0.628. The molecule has 0 saturated heterocycles. The number of halogens is 1. The van der Waals surface area contributed by atoms with Gasteiger partial charge in [-0.2, -0.15) is 0 Å². The lowest BCUT2D eigenvalue weighted by atomic mass is 10.2. The smallest absolute Gasteiger partial charge is 0.124 e. The maximum Gasteiger partial charge on any atom is 0.124 e. The van der Waals surface area contributed by atoms with Crippen molar-refractivity contribution < 1.29 is 4.39 Å². The van der Waals surface area contributed by atoms with Crippen molar-refractivity contribution in [1.29, 1.82) is 0 Å². The molecule has 0 radical (unpaired) electrons. The Morgan fingerprint density at radius 3 is 2.84 bits per heavy atom. The molecule has 2 nitrogen and oxygen atoms in total. The van der Waals surface area contributed by atoms with Crippen LogP contribution in [0.15, 0.2) is 35.7 Å². The van der Waals surface area contributed by atoms with E-state index in [2.05, 4.69) is 16.4 Å². The zero-order valence-corrected chi connectivity index (χ0v) is 11.3. The van der Waals surface area contributed by atoms with E-state index >= 15 is 0 Å². The molecule has 1 saturated carbocycles. The van der Waals surface area contributed by atoms with Gasteiger partial charge in [-0.25, -0.2) is 9.37 Å². The van der Waals surface area contributed by atoms with E-state index in [1.807, 2.05) is 11.5 Å². The summed E-state index contributed by atoms with van der Waals surface area (Å²) < 4.78 is 12.8. The summed E-state index contributed by atoms with van der Waals surface area (Å²) in [5.41, 5.74) is 1.92. The van der Waals surface area contributed by atoms with Crippen molar-refractivity contribution in [2.75, 3.05) is 6.54 Å². The van der Waals surface area contributed by atoms with Crippen molar-refractivity contribution >= 4 is 17.4 Å². The lowest BCUT2D eigenvalue weighted by Gasteiger charge is -1.95. The zero-order chi connectivity index (χ0) is 13.1. The highest BCUT2D eigenvalue weighted by Gasteiger charge is 2.18. The molecule has 98 valence electrons. The first-order valence-electron chi connectivity index (χ1n) is 6.43. The third kappa shape index (κ3) is 3.49. The molecule has 1 aromatic heterocycles. The molecule has 1 N–H and O–H groups in total. The van der Waals surface area contributed by atoms with Gasteiger partial charge in [0.15, 0.2) is 0 Å². The van der Waals surface area contributed by atoms with E-state index in [9.17, 15) is 4.39 Å². The van der Waals surface area contributed by atoms with Gasteiger partial charge < -0.3 is 5.32 Å². The summed E-state index contributed by atoms with van der Waals surface area (Å²) >= 11 is 1.58. The summed E-state index contributed by atoms with van der Waals surface area (Å²) in [6.45, 7) is 0.897. The van der Waals surface area contributed by atoms with Crippen LogP contribution in [0.2, 0.25) is 0 Å². The molecule has 1 fully saturated rings. The molecule has 19 heavy (non-hydrogen) atoms. The number of hydrogen-bond donors (Lipinski definition) is 1. The Bertz CT molecular complexity index is 570. The molecule has 0 unspecified atom stereocenters. The summed E-state index contributed by atoms with van der Waals surface area (Å²) in [5.74, 6) is -0.216. The van der Waals surface area contributed by atoms with E-state index in [0.717, 1.165) is 28.9 Å². The van der Waals surface area contributed by atoms with Crippen molar-refractivity contribution in [3.8, 4) is 10.6 Å². The van der Waals surface area contributed by atoms with Crippen molar-refractivity contribution in [1.82, 2.24) is 10.3 Å². The molecule has 0 aliphatic heterocycles. The fraction of sp³-hybridized carbons (Fsp3) is 0.267. The molecular formula is C15H15FN2S. The van der Waals surface area contributed by atoms with Crippen LogP contribution < -0.4 is 5.32 Å². The van der Waals surface area contributed by atoms with Crippen molar-refractivity contribution in [2.45, 2.75) is 18.9 Å². The second-order valence-electron chi connectivity index (χ2n) is 4.67. The second-order valence-corrected chi connectivity index (χ2v) is 5.53. The summed E-state index contributed by atoms with van der Waals surface area (Å²) in [5, 5.41) is 6.36. The molecule has 2 aromatic rings. The average Bonchev–Trinajstić information content (AvgIpc) is 3.13. The average molecular weight is 274 g/mol. The van der Waals surface area contributed by atoms with Crippen LogP contribution in [-0.4, -0.2) is 17.6 Å². The SMILES string of the molecule is Fc1ccc(-c2nc(C=CCNC3CC3)cs2)cc1. The quantitative estimate of drug-likeness (QED) is 0.899. The van der Waals surface area contributed by atoms with Crippen LogP contribution in [0.4, 0.5) is 4.39 Å². The van der Waals surface area contributed by atoms with Gasteiger partial charge in [0.05, 0.1) is 5.69 Å². The van der Waals surface area contributed by atoms with Crippen LogP contribution in [0.1, 0.15) is 18.5 Å². The topological polar surface area (TPSA) is 24.9 Å². The highest BCUT2D eigenvalue weighted by Crippen LogP contribution is 2.24. The van der Waals surface area contributed by atoms with E-state index in [1.165, 1.54) is 25.0 Å². The molecule has 1 heterocycles. The Morgan fingerprint density at radius 1 is 1.32 bits per heavy atom. The third-order valence-electron chi connectivity index (χ3n) is 3.00. The molecule has 0 spiro atoms. The Kier molecular flexibility index (Phi) is 3.71. The van der Waals surface area contributed by atoms with Gasteiger partial charge in [0.1, 0.15) is 10.8 Å². The van der Waals surface area contributed by atoms with Crippen LogP contribution in [-0.2, 0) is 0 Å². The molecular weight excluding hydrogens is 259 g/mol. The van der Waals surface area contributed by atoms with Crippen LogP contribution in [0.25, 0.3) is 16.6 Å². The van der Waals surface area contributed by atoms with Gasteiger partial charge in [-0.3, -0.25) is 0 Å². The van der Waals surface area contributed by atoms with Gasteiger partial charge in [-0.05, 0) is 43.2 Å². The Hall–Kier alpha value is -1.52. The Morgan fingerprint density at radius 2 is 2.11 bits per heavy atom. The highest BCUT2D eigenvalue weighted by atomic mass is 32.1. The van der Waals surface area contributed by atoms with E-state index in [0.29, 0.717) is 0 Å². The van der Waals surface area contributed by atoms with E-state index in [4.69, 9.17) is 0 Å². The largest absolute Gasteiger partial charge is 0.311 e. The van der Waals surface area contributed by atoms with E-state index in [1.54, 1.807) is 23.5 Å². The maximum absolute atomic E-state index is 12.8. The van der Waals surface area contributed by atoms with Gasteiger partial charge in [-0.15, -0.1) is 11.3 Å². The van der Waals surface area contributed by atoms with Crippen molar-refractivity contribution in [3.05, 3.63) is 47.2 Å². The Labute approximate surface area is 116 Å². The predicted octanol–water partition coefficient (Wildman–Crippen LogP) is 3.71. The summed E-state index contributed by atoms with van der Waals surface area (Å²) in [6.07, 6.45) is 6.74. The molecule has 0 bridgehead atoms. The fourth-order valence-electron chi connectivity index (χ4n) is 1.79. The fourth-order valence-corrected chi connectivity index (χ4v) is 2.58. The van der Waals surface area contributed by atoms with Crippen molar-refractivity contribution in [3.63, 3.8) is 0 Å². The van der Waals surface area contributed by atoms with Gasteiger partial charge in [-0.1, -0.05) is 6.08 Å². The standard InChI is InChI=1S/C15H15FN2S/c16-12-5-3-11(4-6-12)15-18-14(10-19-15)2-1-9-17-13-7-8-13/h1-6,10,13,17H,7-9H2. The number of benzene rings is 1. The number of hydrogen-bond acceptors (Lipinski definition) is 3. The monoisotopic (exact) mass is 274 g/mol. The van der Waals surface area contributed by atoms with E-state index < -0.39 is 0 Å². The molecule has 1 aromatic carbocycles. The molecule has 4 heteroatoms. The molecule has 1 aliphatic rings. The Balaban J connectivity index is 1.63. The summed E-state index contributed by atoms with van der Waals surface area (Å²) in [6, 6.07) is 7.18. The van der Waals surface area contributed by atoms with E-state index in [-0.39, 0.29) is 5.82 Å². The van der Waals surface area contributed by atoms with Crippen molar-refractivity contribution in [2.24, 2.45) is 0 Å². The highest BCUT2D eigenvalue weighted by molar-refractivity contribution is 7.13. The zero-order valence-electron chi connectivity index (χ0n) is 10.5. The first-order valence-corrected chi connectivity index (χ1v) is 7.30. The van der Waals surface area contributed by atoms with Crippen LogP contribution in [0, 0.1) is 5.82 Å². The molecule has 0 amide bonds. The number of aromatic nitrogens is 1. The van der Waals surface area contributed by atoms with Gasteiger partial charge >= 0.3 is 0 Å². The number of rotatable bonds is 5. The number of nitrogens with zero attached hydrogens (tertiary/aromatic N) is 1. The molecule has 0 atom stereocenters. The van der Waals surface area contributed by atoms with Crippen LogP contribution >= 0.6 is 11.3 Å². The summed E-state index contributed by atoms with van der Waals surface area (Å²) in [7, 11) is 0. The molecule has 1 aliphatic carbocycles. The van der Waals surface area contributed by atoms with Crippen LogP contribution in [0.5, 0.6) is 0 Å². The first kappa shape index (κ1) is 12.5. The predicted molar refractivity (Wildman–Crippen MR) is 77.6 cm³/mol. The number of thiazole rings is 1. The minimum atomic E-state index is -0.216. The third-order valence-corrected chi connectivity index (χ3v) is 3.91. The minimum absolute atomic E-state index is 0.216. The van der Waals surface area contributed by atoms with Gasteiger partial charge in [0.2, 0.25) is 0 Å². The number of nitrogens with one attached hydrogen (secondary N) is 1. The minimum Gasteiger partial charge on any atom is -0.311 e. The lowest BCUT2D eigenvalue weighted by Crippen LogP contribution is -2.15. The second kappa shape index (κ2) is 5.63. The van der Waals surface area contributed by atoms with Gasteiger partial charge in [0, 0.05) is 23.5 Å². The first-order chi connectivity index (χ1) is 9.31. The molecule has 3 rings (SSSR count). The van der Waals surface area contributed by atoms with Gasteiger partial charge in [0.25, 0.3) is 0 Å².